The monoisotopic (exact) mass is 430 g/mol. The molecule has 1 heterocycles. The van der Waals surface area contributed by atoms with E-state index in [0.717, 1.165) is 0 Å². The first-order chi connectivity index (χ1) is 15.5. The van der Waals surface area contributed by atoms with E-state index >= 15 is 0 Å². The molecule has 3 aromatic carbocycles. The number of amides is 1. The summed E-state index contributed by atoms with van der Waals surface area (Å²) in [7, 11) is 0. The number of anilines is 3. The first-order valence-corrected chi connectivity index (χ1v) is 9.56. The molecule has 0 fully saturated rings. The maximum atomic E-state index is 11.9. The molecule has 32 heavy (non-hydrogen) atoms. The predicted octanol–water partition coefficient (Wildman–Crippen LogP) is 4.21. The molecule has 1 aromatic heterocycles. The third-order valence-electron chi connectivity index (χ3n) is 4.18. The minimum atomic E-state index is -0.591. The number of benzene rings is 3. The second kappa shape index (κ2) is 9.35. The van der Waals surface area contributed by atoms with E-state index < -0.39 is 17.3 Å². The van der Waals surface area contributed by atoms with Crippen LogP contribution in [-0.2, 0) is 0 Å². The maximum absolute atomic E-state index is 11.9. The van der Waals surface area contributed by atoms with Gasteiger partial charge in [0.15, 0.2) is 0 Å². The summed E-state index contributed by atoms with van der Waals surface area (Å²) in [6.45, 7) is 0. The summed E-state index contributed by atoms with van der Waals surface area (Å²) in [6.07, 6.45) is -0.588. The average Bonchev–Trinajstić information content (AvgIpc) is 2.76. The fraction of sp³-hybridized carbons (Fsp3) is 0. The lowest BCUT2D eigenvalue weighted by Crippen LogP contribution is -2.22. The Labute approximate surface area is 181 Å². The average molecular weight is 430 g/mol. The van der Waals surface area contributed by atoms with Gasteiger partial charge in [-0.05, 0) is 60.7 Å². The van der Waals surface area contributed by atoms with Crippen molar-refractivity contribution >= 4 is 23.3 Å². The highest BCUT2D eigenvalue weighted by atomic mass is 16.6. The summed E-state index contributed by atoms with van der Waals surface area (Å²) in [5.41, 5.74) is 0.133. The van der Waals surface area contributed by atoms with Gasteiger partial charge in [0, 0.05) is 17.4 Å². The van der Waals surface area contributed by atoms with Crippen LogP contribution in [0.4, 0.5) is 22.0 Å². The molecule has 4 aromatic rings. The van der Waals surface area contributed by atoms with E-state index in [4.69, 9.17) is 9.47 Å². The topological polar surface area (TPSA) is 125 Å². The van der Waals surface area contributed by atoms with Crippen LogP contribution < -0.4 is 31.4 Å². The Morgan fingerprint density at radius 1 is 0.719 bits per heavy atom. The SMILES string of the molecule is O=C(Nc1ccc(Oc2ccc(Nc3cc(=O)[nH]c(=O)[nH]3)cc2)cc1)Oc1ccccc1. The molecule has 0 aliphatic heterocycles. The van der Waals surface area contributed by atoms with Crippen LogP contribution in [0.5, 0.6) is 17.2 Å². The number of rotatable bonds is 6. The third-order valence-corrected chi connectivity index (χ3v) is 4.18. The van der Waals surface area contributed by atoms with Crippen LogP contribution in [0.2, 0.25) is 0 Å². The molecule has 0 saturated heterocycles. The molecule has 0 spiro atoms. The predicted molar refractivity (Wildman–Crippen MR) is 120 cm³/mol. The Kier molecular flexibility index (Phi) is 5.98. The van der Waals surface area contributed by atoms with Gasteiger partial charge in [0.1, 0.15) is 23.1 Å². The normalized spacial score (nSPS) is 10.2. The van der Waals surface area contributed by atoms with E-state index in [1.54, 1.807) is 72.8 Å². The molecule has 160 valence electrons. The van der Waals surface area contributed by atoms with E-state index in [2.05, 4.69) is 20.6 Å². The van der Waals surface area contributed by atoms with E-state index in [-0.39, 0.29) is 5.82 Å². The second-order valence-corrected chi connectivity index (χ2v) is 6.60. The van der Waals surface area contributed by atoms with E-state index in [1.165, 1.54) is 6.07 Å². The van der Waals surface area contributed by atoms with Crippen molar-refractivity contribution in [3.63, 3.8) is 0 Å². The van der Waals surface area contributed by atoms with Gasteiger partial charge in [0.2, 0.25) is 0 Å². The molecule has 9 heteroatoms. The van der Waals surface area contributed by atoms with E-state index in [1.807, 2.05) is 6.07 Å². The zero-order valence-corrected chi connectivity index (χ0v) is 16.6. The van der Waals surface area contributed by atoms with Gasteiger partial charge < -0.3 is 14.8 Å². The van der Waals surface area contributed by atoms with Crippen molar-refractivity contribution < 1.29 is 14.3 Å². The lowest BCUT2D eigenvalue weighted by atomic mass is 10.3. The number of aromatic amines is 2. The summed E-state index contributed by atoms with van der Waals surface area (Å²) in [4.78, 5) is 39.2. The molecule has 0 aliphatic carbocycles. The Hall–Kier alpha value is -4.79. The number of hydrogen-bond donors (Lipinski definition) is 4. The summed E-state index contributed by atoms with van der Waals surface area (Å²) in [6, 6.07) is 23.8. The zero-order chi connectivity index (χ0) is 22.3. The van der Waals surface area contributed by atoms with Gasteiger partial charge in [-0.25, -0.2) is 9.59 Å². The van der Waals surface area contributed by atoms with Gasteiger partial charge in [-0.2, -0.15) is 0 Å². The standard InChI is InChI=1S/C23H18N4O5/c28-21-14-20(26-22(29)27-21)24-15-6-10-18(11-7-15)31-19-12-8-16(9-13-19)25-23(30)32-17-4-2-1-3-5-17/h1-14H,(H,25,30)(H3,24,26,27,28,29). The lowest BCUT2D eigenvalue weighted by molar-refractivity contribution is 0.215. The van der Waals surface area contributed by atoms with Crippen molar-refractivity contribution in [3.8, 4) is 17.2 Å². The molecule has 1 amide bonds. The highest BCUT2D eigenvalue weighted by Crippen LogP contribution is 2.25. The van der Waals surface area contributed by atoms with E-state index in [0.29, 0.717) is 28.6 Å². The van der Waals surface area contributed by atoms with Crippen molar-refractivity contribution in [2.24, 2.45) is 0 Å². The fourth-order valence-corrected chi connectivity index (χ4v) is 2.78. The highest BCUT2D eigenvalue weighted by Gasteiger charge is 2.06. The van der Waals surface area contributed by atoms with Crippen LogP contribution in [0.3, 0.4) is 0 Å². The molecule has 0 aliphatic rings. The number of para-hydroxylation sites is 1. The third kappa shape index (κ3) is 5.63. The van der Waals surface area contributed by atoms with Crippen molar-refractivity contribution in [2.45, 2.75) is 0 Å². The van der Waals surface area contributed by atoms with Crippen molar-refractivity contribution in [2.75, 3.05) is 10.6 Å². The van der Waals surface area contributed by atoms with Crippen LogP contribution in [0.15, 0.2) is 94.5 Å². The molecule has 4 N–H and O–H groups in total. The molecule has 0 bridgehead atoms. The van der Waals surface area contributed by atoms with Crippen LogP contribution >= 0.6 is 0 Å². The van der Waals surface area contributed by atoms with Crippen molar-refractivity contribution in [3.05, 3.63) is 106 Å². The molecule has 4 rings (SSSR count). The highest BCUT2D eigenvalue weighted by molar-refractivity contribution is 5.86. The Balaban J connectivity index is 1.33. The van der Waals surface area contributed by atoms with Crippen LogP contribution in [0.25, 0.3) is 0 Å². The van der Waals surface area contributed by atoms with Crippen molar-refractivity contribution in [1.29, 1.82) is 0 Å². The second-order valence-electron chi connectivity index (χ2n) is 6.60. The number of ether oxygens (including phenoxy) is 2. The Morgan fingerprint density at radius 2 is 1.34 bits per heavy atom. The molecule has 0 atom stereocenters. The van der Waals surface area contributed by atoms with Gasteiger partial charge in [-0.15, -0.1) is 0 Å². The largest absolute Gasteiger partial charge is 0.457 e. The zero-order valence-electron chi connectivity index (χ0n) is 16.6. The van der Waals surface area contributed by atoms with Crippen molar-refractivity contribution in [1.82, 2.24) is 9.97 Å². The van der Waals surface area contributed by atoms with Gasteiger partial charge in [-0.1, -0.05) is 18.2 Å². The number of hydrogen-bond acceptors (Lipinski definition) is 6. The number of carbonyl (C=O) groups excluding carboxylic acids is 1. The van der Waals surface area contributed by atoms with Crippen LogP contribution in [0.1, 0.15) is 0 Å². The quantitative estimate of drug-likeness (QED) is 0.363. The minimum Gasteiger partial charge on any atom is -0.457 e. The van der Waals surface area contributed by atoms with Crippen LogP contribution in [0, 0.1) is 0 Å². The summed E-state index contributed by atoms with van der Waals surface area (Å²) < 4.78 is 11.0. The molecule has 0 unspecified atom stereocenters. The number of H-pyrrole nitrogens is 2. The maximum Gasteiger partial charge on any atom is 0.417 e. The molecule has 0 radical (unpaired) electrons. The smallest absolute Gasteiger partial charge is 0.417 e. The molecule has 0 saturated carbocycles. The lowest BCUT2D eigenvalue weighted by Gasteiger charge is -2.10. The van der Waals surface area contributed by atoms with Gasteiger partial charge in [-0.3, -0.25) is 20.1 Å². The van der Waals surface area contributed by atoms with Gasteiger partial charge in [0.05, 0.1) is 0 Å². The number of carbonyl (C=O) groups is 1. The molecular formula is C23H18N4O5. The molecule has 9 nitrogen and oxygen atoms in total. The number of nitrogens with one attached hydrogen (secondary N) is 4. The van der Waals surface area contributed by atoms with E-state index in [9.17, 15) is 14.4 Å². The minimum absolute atomic E-state index is 0.279. The number of aromatic nitrogens is 2. The van der Waals surface area contributed by atoms with Gasteiger partial charge in [0.25, 0.3) is 5.56 Å². The Morgan fingerprint density at radius 3 is 1.97 bits per heavy atom. The first kappa shape index (κ1) is 20.5. The van der Waals surface area contributed by atoms with Gasteiger partial charge >= 0.3 is 11.8 Å². The summed E-state index contributed by atoms with van der Waals surface area (Å²) >= 11 is 0. The summed E-state index contributed by atoms with van der Waals surface area (Å²) in [5, 5.41) is 5.58. The fourth-order valence-electron chi connectivity index (χ4n) is 2.78. The molecular weight excluding hydrogens is 412 g/mol. The first-order valence-electron chi connectivity index (χ1n) is 9.56. The summed E-state index contributed by atoms with van der Waals surface area (Å²) in [5.74, 6) is 1.89. The Bertz CT molecular complexity index is 1290. The van der Waals surface area contributed by atoms with Crippen LogP contribution in [-0.4, -0.2) is 16.1 Å².